The van der Waals surface area contributed by atoms with Crippen LogP contribution in [0.4, 0.5) is 5.69 Å². The van der Waals surface area contributed by atoms with Crippen molar-refractivity contribution in [1.29, 1.82) is 0 Å². The van der Waals surface area contributed by atoms with E-state index in [0.717, 1.165) is 39.3 Å². The van der Waals surface area contributed by atoms with Crippen molar-refractivity contribution < 1.29 is 0 Å². The third-order valence-corrected chi connectivity index (χ3v) is 3.94. The smallest absolute Gasteiger partial charge is 0.182 e. The lowest BCUT2D eigenvalue weighted by molar-refractivity contribution is 0.879. The third-order valence-electron chi connectivity index (χ3n) is 3.94. The van der Waals surface area contributed by atoms with E-state index in [1.165, 1.54) is 0 Å². The van der Waals surface area contributed by atoms with Crippen molar-refractivity contribution in [2.45, 2.75) is 6.92 Å². The van der Waals surface area contributed by atoms with Gasteiger partial charge in [0.15, 0.2) is 5.65 Å². The van der Waals surface area contributed by atoms with Crippen LogP contribution in [0.1, 0.15) is 5.69 Å². The van der Waals surface area contributed by atoms with Gasteiger partial charge in [0.1, 0.15) is 5.52 Å². The molecule has 0 bridgehead atoms. The molecule has 2 aromatic carbocycles. The van der Waals surface area contributed by atoms with Crippen molar-refractivity contribution in [2.75, 3.05) is 19.0 Å². The summed E-state index contributed by atoms with van der Waals surface area (Å²) in [6, 6.07) is 16.1. The van der Waals surface area contributed by atoms with Crippen LogP contribution in [-0.2, 0) is 0 Å². The maximum Gasteiger partial charge on any atom is 0.182 e. The van der Waals surface area contributed by atoms with Gasteiger partial charge in [0.2, 0.25) is 0 Å². The zero-order chi connectivity index (χ0) is 16.0. The van der Waals surface area contributed by atoms with E-state index in [1.807, 2.05) is 62.1 Å². The Morgan fingerprint density at radius 3 is 2.43 bits per heavy atom. The van der Waals surface area contributed by atoms with Crippen LogP contribution >= 0.6 is 0 Å². The van der Waals surface area contributed by atoms with Crippen LogP contribution in [0.25, 0.3) is 27.9 Å². The molecule has 0 saturated carbocycles. The first-order chi connectivity index (χ1) is 11.1. The van der Waals surface area contributed by atoms with E-state index >= 15 is 0 Å². The molecule has 0 aliphatic carbocycles. The SMILES string of the molecule is Cc1nn(-c2ccccc2)c2nc3ccc(N(C)C)cc3nc12. The van der Waals surface area contributed by atoms with E-state index < -0.39 is 0 Å². The molecular formula is C18H17N5. The summed E-state index contributed by atoms with van der Waals surface area (Å²) in [5, 5.41) is 4.62. The summed E-state index contributed by atoms with van der Waals surface area (Å²) in [6.45, 7) is 1.97. The lowest BCUT2D eigenvalue weighted by Gasteiger charge is -2.12. The van der Waals surface area contributed by atoms with Gasteiger partial charge in [0, 0.05) is 19.8 Å². The van der Waals surface area contributed by atoms with Crippen LogP contribution in [-0.4, -0.2) is 33.8 Å². The fourth-order valence-corrected chi connectivity index (χ4v) is 2.70. The number of benzene rings is 2. The number of rotatable bonds is 2. The van der Waals surface area contributed by atoms with E-state index in [9.17, 15) is 0 Å². The molecule has 4 rings (SSSR count). The molecule has 0 atom stereocenters. The van der Waals surface area contributed by atoms with Crippen LogP contribution in [0, 0.1) is 6.92 Å². The first-order valence-corrected chi connectivity index (χ1v) is 7.53. The minimum Gasteiger partial charge on any atom is -0.378 e. The molecule has 0 aliphatic heterocycles. The van der Waals surface area contributed by atoms with Crippen molar-refractivity contribution in [1.82, 2.24) is 19.7 Å². The largest absolute Gasteiger partial charge is 0.378 e. The molecule has 114 valence electrons. The Morgan fingerprint density at radius 1 is 0.913 bits per heavy atom. The fraction of sp³-hybridized carbons (Fsp3) is 0.167. The summed E-state index contributed by atoms with van der Waals surface area (Å²) in [6.07, 6.45) is 0. The molecule has 2 heterocycles. The number of nitrogens with zero attached hydrogens (tertiary/aromatic N) is 5. The quantitative estimate of drug-likeness (QED) is 0.570. The molecule has 0 radical (unpaired) electrons. The second-order valence-electron chi connectivity index (χ2n) is 5.80. The van der Waals surface area contributed by atoms with Gasteiger partial charge >= 0.3 is 0 Å². The highest BCUT2D eigenvalue weighted by atomic mass is 15.3. The highest BCUT2D eigenvalue weighted by Gasteiger charge is 2.13. The lowest BCUT2D eigenvalue weighted by atomic mass is 10.2. The van der Waals surface area contributed by atoms with Crippen molar-refractivity contribution in [3.8, 4) is 5.69 Å². The first-order valence-electron chi connectivity index (χ1n) is 7.53. The Kier molecular flexibility index (Phi) is 3.01. The molecule has 0 spiro atoms. The highest BCUT2D eigenvalue weighted by Crippen LogP contribution is 2.24. The Bertz CT molecular complexity index is 1000. The zero-order valence-corrected chi connectivity index (χ0v) is 13.4. The average molecular weight is 303 g/mol. The maximum atomic E-state index is 4.79. The number of aryl methyl sites for hydroxylation is 1. The van der Waals surface area contributed by atoms with Crippen molar-refractivity contribution >= 4 is 27.9 Å². The number of hydrogen-bond donors (Lipinski definition) is 0. The van der Waals surface area contributed by atoms with E-state index in [4.69, 9.17) is 9.97 Å². The van der Waals surface area contributed by atoms with E-state index in [0.29, 0.717) is 0 Å². The molecular weight excluding hydrogens is 286 g/mol. The second-order valence-corrected chi connectivity index (χ2v) is 5.80. The number of hydrogen-bond acceptors (Lipinski definition) is 4. The summed E-state index contributed by atoms with van der Waals surface area (Å²) in [7, 11) is 4.04. The summed E-state index contributed by atoms with van der Waals surface area (Å²) in [4.78, 5) is 11.6. The maximum absolute atomic E-state index is 4.79. The van der Waals surface area contributed by atoms with Gasteiger partial charge in [-0.25, -0.2) is 14.6 Å². The Morgan fingerprint density at radius 2 is 1.70 bits per heavy atom. The van der Waals surface area contributed by atoms with Gasteiger partial charge in [0.25, 0.3) is 0 Å². The Hall–Kier alpha value is -2.95. The molecule has 4 aromatic rings. The molecule has 5 heteroatoms. The van der Waals surface area contributed by atoms with Crippen LogP contribution in [0.5, 0.6) is 0 Å². The predicted molar refractivity (Wildman–Crippen MR) is 93.2 cm³/mol. The van der Waals surface area contributed by atoms with Crippen molar-refractivity contribution in [3.05, 3.63) is 54.2 Å². The Labute approximate surface area is 134 Å². The number of aromatic nitrogens is 4. The third kappa shape index (κ3) is 2.21. The fourth-order valence-electron chi connectivity index (χ4n) is 2.70. The van der Waals surface area contributed by atoms with Crippen LogP contribution in [0.15, 0.2) is 48.5 Å². The molecule has 0 fully saturated rings. The summed E-state index contributed by atoms with van der Waals surface area (Å²) in [5.74, 6) is 0. The normalized spacial score (nSPS) is 11.3. The summed E-state index contributed by atoms with van der Waals surface area (Å²) in [5.41, 5.74) is 6.38. The van der Waals surface area contributed by atoms with Gasteiger partial charge in [-0.3, -0.25) is 0 Å². The van der Waals surface area contributed by atoms with Gasteiger partial charge in [-0.1, -0.05) is 18.2 Å². The lowest BCUT2D eigenvalue weighted by Crippen LogP contribution is -2.08. The summed E-state index contributed by atoms with van der Waals surface area (Å²) >= 11 is 0. The van der Waals surface area contributed by atoms with Crippen LogP contribution in [0.2, 0.25) is 0 Å². The van der Waals surface area contributed by atoms with Gasteiger partial charge < -0.3 is 4.90 Å². The van der Waals surface area contributed by atoms with Gasteiger partial charge in [-0.05, 0) is 37.3 Å². The van der Waals surface area contributed by atoms with Crippen LogP contribution in [0.3, 0.4) is 0 Å². The van der Waals surface area contributed by atoms with Gasteiger partial charge in [0.05, 0.1) is 22.4 Å². The summed E-state index contributed by atoms with van der Waals surface area (Å²) < 4.78 is 1.86. The molecule has 0 saturated heterocycles. The molecule has 0 aliphatic rings. The Balaban J connectivity index is 2.00. The minimum atomic E-state index is 0.791. The van der Waals surface area contributed by atoms with Gasteiger partial charge in [-0.2, -0.15) is 5.10 Å². The van der Waals surface area contributed by atoms with Crippen molar-refractivity contribution in [3.63, 3.8) is 0 Å². The first kappa shape index (κ1) is 13.7. The van der Waals surface area contributed by atoms with E-state index in [2.05, 4.69) is 22.1 Å². The van der Waals surface area contributed by atoms with E-state index in [1.54, 1.807) is 0 Å². The minimum absolute atomic E-state index is 0.791. The zero-order valence-electron chi connectivity index (χ0n) is 13.4. The highest BCUT2D eigenvalue weighted by molar-refractivity contribution is 5.88. The molecule has 23 heavy (non-hydrogen) atoms. The molecule has 0 unspecified atom stereocenters. The topological polar surface area (TPSA) is 46.8 Å². The second kappa shape index (κ2) is 5.05. The molecule has 0 N–H and O–H groups in total. The van der Waals surface area contributed by atoms with Crippen molar-refractivity contribution in [2.24, 2.45) is 0 Å². The number of fused-ring (bicyclic) bond motifs is 2. The average Bonchev–Trinajstić information content (AvgIpc) is 2.89. The van der Waals surface area contributed by atoms with Crippen LogP contribution < -0.4 is 4.90 Å². The molecule has 2 aromatic heterocycles. The van der Waals surface area contributed by atoms with Gasteiger partial charge in [-0.15, -0.1) is 0 Å². The predicted octanol–water partition coefficient (Wildman–Crippen LogP) is 3.34. The van der Waals surface area contributed by atoms with E-state index in [-0.39, 0.29) is 0 Å². The molecule has 5 nitrogen and oxygen atoms in total. The standard InChI is InChI=1S/C18H17N5/c1-12-17-18(23(21-12)13-7-5-4-6-8-13)20-15-10-9-14(22(2)3)11-16(15)19-17/h4-11H,1-3H3. The number of anilines is 1. The monoisotopic (exact) mass is 303 g/mol. The molecule has 0 amide bonds. The number of para-hydroxylation sites is 1.